The van der Waals surface area contributed by atoms with E-state index in [0.29, 0.717) is 17.4 Å². The second-order valence-electron chi connectivity index (χ2n) is 8.03. The maximum atomic E-state index is 6.22. The molecule has 0 saturated carbocycles. The van der Waals surface area contributed by atoms with E-state index in [2.05, 4.69) is 33.9 Å². The normalized spacial score (nSPS) is 18.6. The molecule has 2 aromatic carbocycles. The molecule has 0 N–H and O–H groups in total. The van der Waals surface area contributed by atoms with E-state index < -0.39 is 0 Å². The molecule has 4 rings (SSSR count). The van der Waals surface area contributed by atoms with Crippen molar-refractivity contribution in [3.8, 4) is 17.2 Å². The molecule has 0 spiro atoms. The molecule has 170 valence electrons. The Hall–Kier alpha value is -3.06. The van der Waals surface area contributed by atoms with Gasteiger partial charge in [-0.2, -0.15) is 0 Å². The number of nitrogens with zero attached hydrogens (tertiary/aromatic N) is 3. The van der Waals surface area contributed by atoms with Crippen LogP contribution in [-0.2, 0) is 4.74 Å². The lowest BCUT2D eigenvalue weighted by atomic mass is 9.89. The quantitative estimate of drug-likeness (QED) is 0.516. The minimum atomic E-state index is 0.126. The third-order valence-corrected chi connectivity index (χ3v) is 5.98. The molecular formula is C25H31N3O4. The van der Waals surface area contributed by atoms with Crippen molar-refractivity contribution < 1.29 is 18.9 Å². The lowest BCUT2D eigenvalue weighted by Gasteiger charge is -2.39. The van der Waals surface area contributed by atoms with Gasteiger partial charge in [-0.25, -0.2) is 9.97 Å². The van der Waals surface area contributed by atoms with Crippen molar-refractivity contribution in [2.24, 2.45) is 0 Å². The van der Waals surface area contributed by atoms with Gasteiger partial charge >= 0.3 is 0 Å². The highest BCUT2D eigenvalue weighted by Gasteiger charge is 2.30. The van der Waals surface area contributed by atoms with Gasteiger partial charge in [0.2, 0.25) is 0 Å². The highest BCUT2D eigenvalue weighted by Crippen LogP contribution is 2.37. The van der Waals surface area contributed by atoms with Crippen molar-refractivity contribution in [1.82, 2.24) is 9.97 Å². The Labute approximate surface area is 189 Å². The molecule has 3 aromatic rings. The summed E-state index contributed by atoms with van der Waals surface area (Å²) in [7, 11) is 4.96. The maximum Gasteiger partial charge on any atom is 0.162 e. The number of piperidine rings is 1. The molecule has 2 heterocycles. The lowest BCUT2D eigenvalue weighted by Crippen LogP contribution is -2.44. The highest BCUT2D eigenvalue weighted by atomic mass is 16.5. The second kappa shape index (κ2) is 10.0. The van der Waals surface area contributed by atoms with E-state index in [1.807, 2.05) is 24.3 Å². The Morgan fingerprint density at radius 2 is 1.69 bits per heavy atom. The van der Waals surface area contributed by atoms with Gasteiger partial charge in [0.05, 0.1) is 33.0 Å². The van der Waals surface area contributed by atoms with Crippen LogP contribution in [0.2, 0.25) is 0 Å². The summed E-state index contributed by atoms with van der Waals surface area (Å²) in [6.07, 6.45) is 3.71. The summed E-state index contributed by atoms with van der Waals surface area (Å²) in [5.74, 6) is 3.39. The first-order chi connectivity index (χ1) is 15.7. The predicted molar refractivity (Wildman–Crippen MR) is 125 cm³/mol. The van der Waals surface area contributed by atoms with Crippen molar-refractivity contribution in [3.63, 3.8) is 0 Å². The Morgan fingerprint density at radius 3 is 2.38 bits per heavy atom. The van der Waals surface area contributed by atoms with E-state index in [4.69, 9.17) is 18.9 Å². The lowest BCUT2D eigenvalue weighted by molar-refractivity contribution is 0.0390. The molecular weight excluding hydrogens is 406 g/mol. The Morgan fingerprint density at radius 1 is 0.938 bits per heavy atom. The molecule has 1 aliphatic rings. The van der Waals surface area contributed by atoms with Crippen molar-refractivity contribution >= 4 is 16.7 Å². The molecule has 1 aromatic heterocycles. The van der Waals surface area contributed by atoms with Gasteiger partial charge in [0.15, 0.2) is 11.5 Å². The minimum absolute atomic E-state index is 0.126. The van der Waals surface area contributed by atoms with E-state index in [0.717, 1.165) is 55.0 Å². The van der Waals surface area contributed by atoms with Crippen LogP contribution in [0.1, 0.15) is 31.2 Å². The number of rotatable bonds is 8. The van der Waals surface area contributed by atoms with Gasteiger partial charge in [0.1, 0.15) is 17.9 Å². The van der Waals surface area contributed by atoms with Gasteiger partial charge in [-0.15, -0.1) is 0 Å². The van der Waals surface area contributed by atoms with Crippen LogP contribution in [0, 0.1) is 0 Å². The number of hydrogen-bond acceptors (Lipinski definition) is 7. The molecule has 7 nitrogen and oxygen atoms in total. The van der Waals surface area contributed by atoms with Crippen LogP contribution in [0.4, 0.5) is 5.82 Å². The Balaban J connectivity index is 1.70. The van der Waals surface area contributed by atoms with E-state index >= 15 is 0 Å². The molecule has 1 aliphatic heterocycles. The van der Waals surface area contributed by atoms with Gasteiger partial charge in [-0.1, -0.05) is 19.1 Å². The van der Waals surface area contributed by atoms with Gasteiger partial charge < -0.3 is 23.8 Å². The molecule has 1 fully saturated rings. The molecule has 2 atom stereocenters. The summed E-state index contributed by atoms with van der Waals surface area (Å²) in [6.45, 7) is 4.52. The zero-order valence-electron chi connectivity index (χ0n) is 19.2. The first-order valence-electron chi connectivity index (χ1n) is 11.0. The Kier molecular flexibility index (Phi) is 6.95. The van der Waals surface area contributed by atoms with E-state index in [9.17, 15) is 0 Å². The first-order valence-corrected chi connectivity index (χ1v) is 11.0. The van der Waals surface area contributed by atoms with Crippen LogP contribution >= 0.6 is 0 Å². The molecule has 32 heavy (non-hydrogen) atoms. The molecule has 0 aliphatic carbocycles. The molecule has 2 unspecified atom stereocenters. The fraction of sp³-hybridized carbons (Fsp3) is 0.440. The van der Waals surface area contributed by atoms with Gasteiger partial charge in [0.25, 0.3) is 0 Å². The van der Waals surface area contributed by atoms with Crippen molar-refractivity contribution in [2.45, 2.75) is 31.8 Å². The summed E-state index contributed by atoms with van der Waals surface area (Å²) >= 11 is 0. The van der Waals surface area contributed by atoms with Gasteiger partial charge in [0, 0.05) is 37.1 Å². The topological polar surface area (TPSA) is 65.9 Å². The fourth-order valence-electron chi connectivity index (χ4n) is 4.37. The predicted octanol–water partition coefficient (Wildman–Crippen LogP) is 4.44. The highest BCUT2D eigenvalue weighted by molar-refractivity contribution is 5.92. The molecule has 0 amide bonds. The summed E-state index contributed by atoms with van der Waals surface area (Å²) < 4.78 is 22.5. The van der Waals surface area contributed by atoms with E-state index in [1.54, 1.807) is 27.7 Å². The van der Waals surface area contributed by atoms with Gasteiger partial charge in [-0.05, 0) is 36.6 Å². The molecule has 0 bridgehead atoms. The standard InChI is InChI=1S/C25H31N3O4/c1-5-10-32-20-11-18(17-6-8-19(29-2)9-7-17)14-28(15-20)25-21-12-23(30-3)24(31-4)13-22(21)26-16-27-25/h6-9,12-13,16,18,20H,5,10-11,14-15H2,1-4H3. The number of ether oxygens (including phenoxy) is 4. The van der Waals surface area contributed by atoms with Crippen molar-refractivity contribution in [1.29, 1.82) is 0 Å². The van der Waals surface area contributed by atoms with Crippen LogP contribution in [0.3, 0.4) is 0 Å². The zero-order valence-corrected chi connectivity index (χ0v) is 19.2. The third-order valence-electron chi connectivity index (χ3n) is 5.98. The number of methoxy groups -OCH3 is 3. The smallest absolute Gasteiger partial charge is 0.162 e. The largest absolute Gasteiger partial charge is 0.497 e. The summed E-state index contributed by atoms with van der Waals surface area (Å²) in [5.41, 5.74) is 2.10. The minimum Gasteiger partial charge on any atom is -0.497 e. The van der Waals surface area contributed by atoms with Crippen molar-refractivity contribution in [2.75, 3.05) is 45.9 Å². The summed E-state index contributed by atoms with van der Waals surface area (Å²) in [5, 5.41) is 0.940. The fourth-order valence-corrected chi connectivity index (χ4v) is 4.37. The second-order valence-corrected chi connectivity index (χ2v) is 8.03. The number of hydrogen-bond donors (Lipinski definition) is 0. The molecule has 7 heteroatoms. The van der Waals surface area contributed by atoms with Gasteiger partial charge in [-0.3, -0.25) is 0 Å². The van der Waals surface area contributed by atoms with Crippen LogP contribution < -0.4 is 19.1 Å². The van der Waals surface area contributed by atoms with Crippen LogP contribution in [-0.4, -0.2) is 57.1 Å². The third kappa shape index (κ3) is 4.58. The summed E-state index contributed by atoms with van der Waals surface area (Å²) in [6, 6.07) is 12.2. The van der Waals surface area contributed by atoms with Crippen LogP contribution in [0.5, 0.6) is 17.2 Å². The number of anilines is 1. The average molecular weight is 438 g/mol. The summed E-state index contributed by atoms with van der Waals surface area (Å²) in [4.78, 5) is 11.5. The van der Waals surface area contributed by atoms with Crippen LogP contribution in [0.25, 0.3) is 10.9 Å². The molecule has 0 radical (unpaired) electrons. The van der Waals surface area contributed by atoms with Crippen LogP contribution in [0.15, 0.2) is 42.7 Å². The molecule has 1 saturated heterocycles. The monoisotopic (exact) mass is 437 g/mol. The first kappa shape index (κ1) is 22.1. The maximum absolute atomic E-state index is 6.22. The zero-order chi connectivity index (χ0) is 22.5. The van der Waals surface area contributed by atoms with E-state index in [1.165, 1.54) is 5.56 Å². The number of aromatic nitrogens is 2. The SMILES string of the molecule is CCCOC1CC(c2ccc(OC)cc2)CN(c2ncnc3cc(OC)c(OC)cc23)C1. The van der Waals surface area contributed by atoms with Crippen molar-refractivity contribution in [3.05, 3.63) is 48.3 Å². The average Bonchev–Trinajstić information content (AvgIpc) is 2.86. The number of fused-ring (bicyclic) bond motifs is 1. The Bertz CT molecular complexity index is 1040. The van der Waals surface area contributed by atoms with E-state index in [-0.39, 0.29) is 6.10 Å². The number of benzene rings is 2.